The minimum atomic E-state index is -0.908. The molecule has 2 fully saturated rings. The normalized spacial score (nSPS) is 31.1. The van der Waals surface area contributed by atoms with Crippen LogP contribution in [-0.4, -0.2) is 54.7 Å². The molecule has 1 aliphatic heterocycles. The molecule has 5 rings (SSSR count). The minimum Gasteiger partial charge on any atom is -0.390 e. The van der Waals surface area contributed by atoms with Crippen molar-refractivity contribution >= 4 is 22.7 Å². The molecular formula is C21H26N6O3. The van der Waals surface area contributed by atoms with E-state index in [1.54, 1.807) is 6.07 Å². The number of hydrogen-bond donors (Lipinski definition) is 4. The molecule has 1 saturated carbocycles. The lowest BCUT2D eigenvalue weighted by atomic mass is 9.80. The minimum absolute atomic E-state index is 0.00760. The van der Waals surface area contributed by atoms with E-state index in [2.05, 4.69) is 15.0 Å². The van der Waals surface area contributed by atoms with Crippen LogP contribution in [0.5, 0.6) is 0 Å². The molecule has 3 aromatic rings. The Labute approximate surface area is 173 Å². The number of hydrogen-bond acceptors (Lipinski definition) is 8. The first-order chi connectivity index (χ1) is 14.5. The van der Waals surface area contributed by atoms with Crippen LogP contribution in [0.3, 0.4) is 0 Å². The van der Waals surface area contributed by atoms with E-state index in [1.807, 2.05) is 29.0 Å². The predicted molar refractivity (Wildman–Crippen MR) is 111 cm³/mol. The number of ether oxygens (including phenoxy) is 1. The van der Waals surface area contributed by atoms with Crippen LogP contribution in [0, 0.1) is 5.41 Å². The van der Waals surface area contributed by atoms with Crippen LogP contribution in [0.15, 0.2) is 36.8 Å². The summed E-state index contributed by atoms with van der Waals surface area (Å²) in [7, 11) is 0. The van der Waals surface area contributed by atoms with Gasteiger partial charge < -0.3 is 31.0 Å². The molecule has 2 aliphatic rings. The highest BCUT2D eigenvalue weighted by atomic mass is 16.5. The lowest BCUT2D eigenvalue weighted by molar-refractivity contribution is -0.0309. The smallest absolute Gasteiger partial charge is 0.145 e. The van der Waals surface area contributed by atoms with Gasteiger partial charge in [0, 0.05) is 17.3 Å². The molecule has 6 N–H and O–H groups in total. The number of aliphatic hydroxyl groups is 2. The summed E-state index contributed by atoms with van der Waals surface area (Å²) in [6.45, 7) is 0.424. The topological polar surface area (TPSA) is 145 Å². The summed E-state index contributed by atoms with van der Waals surface area (Å²) in [5.74, 6) is 0.915. The van der Waals surface area contributed by atoms with Crippen molar-refractivity contribution in [3.63, 3.8) is 0 Å². The van der Waals surface area contributed by atoms with E-state index >= 15 is 0 Å². The maximum Gasteiger partial charge on any atom is 0.145 e. The lowest BCUT2D eigenvalue weighted by Crippen LogP contribution is -2.37. The average Bonchev–Trinajstić information content (AvgIpc) is 3.41. The summed E-state index contributed by atoms with van der Waals surface area (Å²) < 4.78 is 7.95. The van der Waals surface area contributed by atoms with Gasteiger partial charge in [0.15, 0.2) is 0 Å². The predicted octanol–water partition coefficient (Wildman–Crippen LogP) is 1.07. The van der Waals surface area contributed by atoms with E-state index in [9.17, 15) is 10.2 Å². The van der Waals surface area contributed by atoms with Gasteiger partial charge in [-0.05, 0) is 43.9 Å². The summed E-state index contributed by atoms with van der Waals surface area (Å²) in [6, 6.07) is 7.17. The molecule has 0 amide bonds. The van der Waals surface area contributed by atoms with E-state index < -0.39 is 17.6 Å². The third-order valence-electron chi connectivity index (χ3n) is 6.65. The fraction of sp³-hybridized carbons (Fsp3) is 0.476. The van der Waals surface area contributed by atoms with Crippen molar-refractivity contribution in [1.29, 1.82) is 0 Å². The van der Waals surface area contributed by atoms with Gasteiger partial charge in [0.2, 0.25) is 0 Å². The summed E-state index contributed by atoms with van der Waals surface area (Å²) in [4.78, 5) is 12.7. The Bertz CT molecular complexity index is 1070. The molecule has 4 heterocycles. The Morgan fingerprint density at radius 1 is 1.17 bits per heavy atom. The highest BCUT2D eigenvalue weighted by Gasteiger charge is 2.57. The molecule has 5 unspecified atom stereocenters. The number of anilines is 2. The quantitative estimate of drug-likeness (QED) is 0.500. The number of pyridine rings is 1. The van der Waals surface area contributed by atoms with E-state index in [1.165, 1.54) is 6.33 Å². The van der Waals surface area contributed by atoms with Gasteiger partial charge in [-0.2, -0.15) is 0 Å². The zero-order valence-corrected chi connectivity index (χ0v) is 16.6. The highest BCUT2D eigenvalue weighted by Crippen LogP contribution is 2.52. The molecule has 30 heavy (non-hydrogen) atoms. The Hall–Kier alpha value is -2.75. The Morgan fingerprint density at radius 2 is 2.03 bits per heavy atom. The highest BCUT2D eigenvalue weighted by molar-refractivity contribution is 5.86. The number of aryl methyl sites for hydroxylation is 1. The fourth-order valence-electron chi connectivity index (χ4n) is 5.09. The maximum absolute atomic E-state index is 11.0. The van der Waals surface area contributed by atoms with Crippen LogP contribution < -0.4 is 11.5 Å². The van der Waals surface area contributed by atoms with Crippen molar-refractivity contribution in [3.8, 4) is 0 Å². The van der Waals surface area contributed by atoms with Crippen LogP contribution in [-0.2, 0) is 11.2 Å². The van der Waals surface area contributed by atoms with Gasteiger partial charge in [0.1, 0.15) is 29.7 Å². The zero-order valence-electron chi connectivity index (χ0n) is 16.6. The third kappa shape index (κ3) is 3.10. The van der Waals surface area contributed by atoms with E-state index in [-0.39, 0.29) is 12.1 Å². The summed E-state index contributed by atoms with van der Waals surface area (Å²) in [5.41, 5.74) is 12.8. The number of nitrogen functional groups attached to an aromatic ring is 2. The molecule has 158 valence electrons. The van der Waals surface area contributed by atoms with E-state index in [0.29, 0.717) is 36.7 Å². The molecule has 1 saturated heterocycles. The van der Waals surface area contributed by atoms with Crippen molar-refractivity contribution in [2.75, 3.05) is 18.1 Å². The van der Waals surface area contributed by atoms with Gasteiger partial charge in [-0.3, -0.25) is 0 Å². The molecule has 3 aromatic heterocycles. The monoisotopic (exact) mass is 410 g/mol. The standard InChI is InChI=1S/C21H26N6O3/c22-16-3-1-2-12(26-16)4-5-13-8-21(10-30-13)9-15(17(28)18(21)29)27-7-6-14-19(23)24-11-25-20(14)27/h1-3,6-7,11,13,15,17-18,28-29H,4-5,8-10H2,(H2,22,26)(H2,23,24,25). The van der Waals surface area contributed by atoms with Crippen molar-refractivity contribution in [2.24, 2.45) is 5.41 Å². The lowest BCUT2D eigenvalue weighted by Gasteiger charge is -2.26. The van der Waals surface area contributed by atoms with Crippen molar-refractivity contribution < 1.29 is 14.9 Å². The molecule has 1 spiro atoms. The van der Waals surface area contributed by atoms with Gasteiger partial charge in [-0.1, -0.05) is 6.07 Å². The molecule has 5 atom stereocenters. The number of nitrogens with zero attached hydrogens (tertiary/aromatic N) is 4. The van der Waals surface area contributed by atoms with Gasteiger partial charge in [0.05, 0.1) is 30.2 Å². The summed E-state index contributed by atoms with van der Waals surface area (Å²) in [6.07, 6.45) is 4.36. The van der Waals surface area contributed by atoms with Crippen molar-refractivity contribution in [3.05, 3.63) is 42.5 Å². The fourth-order valence-corrected chi connectivity index (χ4v) is 5.09. The maximum atomic E-state index is 11.0. The molecule has 0 aromatic carbocycles. The van der Waals surface area contributed by atoms with Crippen molar-refractivity contribution in [1.82, 2.24) is 19.5 Å². The molecular weight excluding hydrogens is 384 g/mol. The van der Waals surface area contributed by atoms with Crippen LogP contribution >= 0.6 is 0 Å². The van der Waals surface area contributed by atoms with Gasteiger partial charge >= 0.3 is 0 Å². The molecule has 9 heteroatoms. The average molecular weight is 410 g/mol. The molecule has 1 aliphatic carbocycles. The first-order valence-electron chi connectivity index (χ1n) is 10.2. The van der Waals surface area contributed by atoms with Gasteiger partial charge in [0.25, 0.3) is 0 Å². The zero-order chi connectivity index (χ0) is 20.9. The SMILES string of the molecule is Nc1cccc(CCC2CC3(CO2)CC(n2ccc4c(N)ncnc42)C(O)C3O)n1. The second-order valence-corrected chi connectivity index (χ2v) is 8.52. The number of fused-ring (bicyclic) bond motifs is 1. The number of aliphatic hydroxyl groups excluding tert-OH is 2. The third-order valence-corrected chi connectivity index (χ3v) is 6.65. The Kier molecular flexibility index (Phi) is 4.61. The first kappa shape index (κ1) is 19.2. The molecule has 0 radical (unpaired) electrons. The largest absolute Gasteiger partial charge is 0.390 e. The molecule has 9 nitrogen and oxygen atoms in total. The first-order valence-corrected chi connectivity index (χ1v) is 10.2. The number of nitrogens with two attached hydrogens (primary N) is 2. The number of rotatable bonds is 4. The van der Waals surface area contributed by atoms with Gasteiger partial charge in [-0.15, -0.1) is 0 Å². The van der Waals surface area contributed by atoms with Crippen LogP contribution in [0.1, 0.15) is 31.0 Å². The van der Waals surface area contributed by atoms with Crippen molar-refractivity contribution in [2.45, 2.75) is 50.0 Å². The summed E-state index contributed by atoms with van der Waals surface area (Å²) >= 11 is 0. The van der Waals surface area contributed by atoms with E-state index in [4.69, 9.17) is 16.2 Å². The summed E-state index contributed by atoms with van der Waals surface area (Å²) in [5, 5.41) is 22.6. The Morgan fingerprint density at radius 3 is 2.87 bits per heavy atom. The second-order valence-electron chi connectivity index (χ2n) is 8.52. The number of aromatic nitrogens is 4. The molecule has 0 bridgehead atoms. The van der Waals surface area contributed by atoms with Crippen LogP contribution in [0.4, 0.5) is 11.6 Å². The van der Waals surface area contributed by atoms with Gasteiger partial charge in [-0.25, -0.2) is 15.0 Å². The van der Waals surface area contributed by atoms with Crippen LogP contribution in [0.25, 0.3) is 11.0 Å². The van der Waals surface area contributed by atoms with E-state index in [0.717, 1.165) is 23.9 Å². The Balaban J connectivity index is 1.32. The second kappa shape index (κ2) is 7.19. The van der Waals surface area contributed by atoms with Crippen LogP contribution in [0.2, 0.25) is 0 Å².